The van der Waals surface area contributed by atoms with Gasteiger partial charge in [-0.2, -0.15) is 16.8 Å². The van der Waals surface area contributed by atoms with Crippen LogP contribution >= 0.6 is 0 Å². The molecule has 17 nitrogen and oxygen atoms in total. The highest BCUT2D eigenvalue weighted by Gasteiger charge is 2.25. The van der Waals surface area contributed by atoms with Gasteiger partial charge in [0.05, 0.1) is 19.6 Å². The second-order valence-corrected chi connectivity index (χ2v) is 18.7. The van der Waals surface area contributed by atoms with Crippen LogP contribution in [0.1, 0.15) is 11.1 Å². The Bertz CT molecular complexity index is 2880. The topological polar surface area (TPSA) is 283 Å². The summed E-state index contributed by atoms with van der Waals surface area (Å²) in [4.78, 5) is 10.9. The van der Waals surface area contributed by atoms with Gasteiger partial charge in [-0.25, -0.2) is 31.1 Å². The summed E-state index contributed by atoms with van der Waals surface area (Å²) in [6, 6.07) is 18.9. The average Bonchev–Trinajstić information content (AvgIpc) is 3.08. The molecule has 292 valence electrons. The molecule has 0 bridgehead atoms. The maximum atomic E-state index is 13.2. The fourth-order valence-electron chi connectivity index (χ4n) is 5.60. The van der Waals surface area contributed by atoms with Gasteiger partial charge in [-0.1, -0.05) is 12.1 Å². The van der Waals surface area contributed by atoms with Crippen LogP contribution < -0.4 is 20.1 Å². The van der Waals surface area contributed by atoms with E-state index in [1.165, 1.54) is 72.8 Å². The minimum Gasteiger partial charge on any atom is -0.507 e. The van der Waals surface area contributed by atoms with Gasteiger partial charge in [-0.15, -0.1) is 0 Å². The molecule has 0 radical (unpaired) electrons. The van der Waals surface area contributed by atoms with Crippen LogP contribution in [0.2, 0.25) is 0 Å². The van der Waals surface area contributed by atoms with E-state index in [9.17, 15) is 57.8 Å². The molecule has 0 aliphatic carbocycles. The Balaban J connectivity index is 1.19. The number of amides is 2. The van der Waals surface area contributed by atoms with Crippen molar-refractivity contribution in [2.45, 2.75) is 33.4 Å². The van der Waals surface area contributed by atoms with Crippen LogP contribution in [-0.2, 0) is 40.3 Å². The number of urea groups is 1. The quantitative estimate of drug-likeness (QED) is 0.0804. The SMILES string of the molecule is Cc1ccc(S(=O)(=O)NC(=O)NS(=O)(=O)c2ccc(C)c(Nc3ccc4c(O)cc(S(=O)(=O)O)cc4c3)c2)cc1Nc1ccc2c(O)cc(S(=O)(=O)O)cc2c1. The second-order valence-electron chi connectivity index (χ2n) is 12.5. The molecular formula is C35H30N4O13S4. The summed E-state index contributed by atoms with van der Waals surface area (Å²) in [5.41, 5.74) is 2.21. The monoisotopic (exact) mass is 842 g/mol. The lowest BCUT2D eigenvalue weighted by molar-refractivity contribution is 0.250. The molecule has 0 saturated heterocycles. The number of fused-ring (bicyclic) bond motifs is 2. The van der Waals surface area contributed by atoms with Crippen LogP contribution in [0.25, 0.3) is 21.5 Å². The number of phenols is 2. The zero-order valence-corrected chi connectivity index (χ0v) is 32.1. The number of anilines is 4. The van der Waals surface area contributed by atoms with Gasteiger partial charge in [0.2, 0.25) is 0 Å². The molecule has 0 atom stereocenters. The Morgan fingerprint density at radius 2 is 0.857 bits per heavy atom. The van der Waals surface area contributed by atoms with Gasteiger partial charge in [0.15, 0.2) is 0 Å². The van der Waals surface area contributed by atoms with Gasteiger partial charge < -0.3 is 20.8 Å². The molecule has 0 fully saturated rings. The average molecular weight is 843 g/mol. The number of aromatic hydroxyl groups is 2. The maximum Gasteiger partial charge on any atom is 0.342 e. The van der Waals surface area contributed by atoms with Gasteiger partial charge in [-0.3, -0.25) is 9.11 Å². The molecular weight excluding hydrogens is 813 g/mol. The van der Waals surface area contributed by atoms with E-state index in [0.717, 1.165) is 24.3 Å². The molecule has 6 aromatic rings. The number of carbonyl (C=O) groups excluding carboxylic acids is 1. The van der Waals surface area contributed by atoms with Gasteiger partial charge in [0.25, 0.3) is 40.3 Å². The molecule has 0 aliphatic heterocycles. The Hall–Kier alpha value is -5.97. The molecule has 0 unspecified atom stereocenters. The first-order valence-corrected chi connectivity index (χ1v) is 21.7. The molecule has 56 heavy (non-hydrogen) atoms. The molecule has 8 N–H and O–H groups in total. The number of hydrogen-bond donors (Lipinski definition) is 8. The number of hydrogen-bond acceptors (Lipinski definition) is 13. The van der Waals surface area contributed by atoms with Crippen LogP contribution in [0.15, 0.2) is 117 Å². The second kappa shape index (κ2) is 14.3. The summed E-state index contributed by atoms with van der Waals surface area (Å²) in [6.07, 6.45) is 0. The van der Waals surface area contributed by atoms with E-state index in [4.69, 9.17) is 0 Å². The molecule has 0 heterocycles. The van der Waals surface area contributed by atoms with E-state index in [2.05, 4.69) is 10.6 Å². The van der Waals surface area contributed by atoms with Crippen molar-refractivity contribution in [2.75, 3.05) is 10.6 Å². The summed E-state index contributed by atoms with van der Waals surface area (Å²) < 4.78 is 122. The number of benzene rings is 6. The molecule has 0 aromatic heterocycles. The Kier molecular flexibility index (Phi) is 10.1. The molecule has 0 saturated carbocycles. The van der Waals surface area contributed by atoms with Gasteiger partial charge in [0, 0.05) is 45.7 Å². The maximum absolute atomic E-state index is 13.2. The number of rotatable bonds is 10. The summed E-state index contributed by atoms with van der Waals surface area (Å²) in [5, 5.41) is 27.4. The Morgan fingerprint density at radius 1 is 0.482 bits per heavy atom. The number of phenolic OH excluding ortho intramolecular Hbond substituents is 2. The molecule has 6 aromatic carbocycles. The van der Waals surface area contributed by atoms with E-state index in [1.54, 1.807) is 23.3 Å². The van der Waals surface area contributed by atoms with Crippen LogP contribution in [-0.4, -0.2) is 59.0 Å². The fourth-order valence-corrected chi connectivity index (χ4v) is 8.60. The zero-order chi connectivity index (χ0) is 41.0. The van der Waals surface area contributed by atoms with Crippen LogP contribution in [0.4, 0.5) is 27.5 Å². The predicted octanol–water partition coefficient (Wildman–Crippen LogP) is 5.38. The smallest absolute Gasteiger partial charge is 0.342 e. The van der Waals surface area contributed by atoms with E-state index < -0.39 is 77.4 Å². The Labute approximate surface area is 320 Å². The zero-order valence-electron chi connectivity index (χ0n) is 28.8. The highest BCUT2D eigenvalue weighted by Crippen LogP contribution is 2.34. The summed E-state index contributed by atoms with van der Waals surface area (Å²) >= 11 is 0. The number of carbonyl (C=O) groups is 1. The van der Waals surface area contributed by atoms with Gasteiger partial charge in [0.1, 0.15) is 11.5 Å². The third kappa shape index (κ3) is 8.46. The third-order valence-electron chi connectivity index (χ3n) is 8.46. The first-order chi connectivity index (χ1) is 26.0. The molecule has 2 amide bonds. The number of sulfonamides is 2. The summed E-state index contributed by atoms with van der Waals surface area (Å²) in [7, 11) is -18.6. The molecule has 0 spiro atoms. The summed E-state index contributed by atoms with van der Waals surface area (Å²) in [5.74, 6) is -0.803. The fraction of sp³-hybridized carbons (Fsp3) is 0.0571. The van der Waals surface area contributed by atoms with E-state index in [0.29, 0.717) is 22.5 Å². The first-order valence-electron chi connectivity index (χ1n) is 15.8. The van der Waals surface area contributed by atoms with Crippen molar-refractivity contribution in [2.24, 2.45) is 0 Å². The minimum absolute atomic E-state index is 0.228. The Morgan fingerprint density at radius 3 is 1.21 bits per heavy atom. The highest BCUT2D eigenvalue weighted by atomic mass is 32.2. The molecule has 6 rings (SSSR count). The summed E-state index contributed by atoms with van der Waals surface area (Å²) in [6.45, 7) is 3.29. The van der Waals surface area contributed by atoms with Crippen molar-refractivity contribution >= 4 is 90.6 Å². The lowest BCUT2D eigenvalue weighted by Gasteiger charge is -2.15. The number of nitrogens with one attached hydrogen (secondary N) is 4. The van der Waals surface area contributed by atoms with Gasteiger partial charge >= 0.3 is 6.03 Å². The van der Waals surface area contributed by atoms with Crippen molar-refractivity contribution < 1.29 is 57.8 Å². The van der Waals surface area contributed by atoms with Crippen molar-refractivity contribution in [1.29, 1.82) is 0 Å². The molecule has 0 aliphatic rings. The molecule has 21 heteroatoms. The minimum atomic E-state index is -4.67. The normalized spacial score (nSPS) is 12.4. The lowest BCUT2D eigenvalue weighted by atomic mass is 10.1. The van der Waals surface area contributed by atoms with Crippen LogP contribution in [0.5, 0.6) is 11.5 Å². The lowest BCUT2D eigenvalue weighted by Crippen LogP contribution is -2.42. The van der Waals surface area contributed by atoms with Crippen molar-refractivity contribution in [3.8, 4) is 11.5 Å². The van der Waals surface area contributed by atoms with Crippen molar-refractivity contribution in [1.82, 2.24) is 9.44 Å². The van der Waals surface area contributed by atoms with E-state index >= 15 is 0 Å². The van der Waals surface area contributed by atoms with Crippen molar-refractivity contribution in [3.05, 3.63) is 108 Å². The largest absolute Gasteiger partial charge is 0.507 e. The van der Waals surface area contributed by atoms with E-state index in [1.807, 2.05) is 0 Å². The number of aryl methyl sites for hydroxylation is 2. The standard InChI is InChI=1S/C35H30N4O13S4/c1-19-3-7-25(15-31(19)36-23-5-9-29-21(11-23)13-27(17-33(29)40)55(47,48)49)53(43,44)38-35(42)39-54(45,46)26-8-4-20(2)32(16-26)37-24-6-10-30-22(12-24)14-28(18-34(30)41)56(50,51)52/h3-18,36-37,40-41H,1-2H3,(H2,38,39,42)(H,47,48,49)(H,50,51,52). The predicted molar refractivity (Wildman–Crippen MR) is 206 cm³/mol. The highest BCUT2D eigenvalue weighted by molar-refractivity contribution is 7.91. The van der Waals surface area contributed by atoms with Crippen molar-refractivity contribution in [3.63, 3.8) is 0 Å². The van der Waals surface area contributed by atoms with E-state index in [-0.39, 0.29) is 32.9 Å². The third-order valence-corrected chi connectivity index (χ3v) is 12.8. The van der Waals surface area contributed by atoms with Crippen LogP contribution in [0.3, 0.4) is 0 Å². The van der Waals surface area contributed by atoms with Crippen LogP contribution in [0, 0.1) is 13.8 Å². The first kappa shape index (κ1) is 39.7. The van der Waals surface area contributed by atoms with Gasteiger partial charge in [-0.05, 0) is 109 Å².